The molecule has 0 aliphatic rings. The molecule has 3 heteroatoms. The van der Waals surface area contributed by atoms with E-state index in [1.807, 2.05) is 33.0 Å². The molecule has 1 aromatic rings. The quantitative estimate of drug-likeness (QED) is 0.785. The van der Waals surface area contributed by atoms with Crippen LogP contribution >= 0.6 is 0 Å². The molecule has 0 atom stereocenters. The molecule has 18 heavy (non-hydrogen) atoms. The first kappa shape index (κ1) is 14.7. The summed E-state index contributed by atoms with van der Waals surface area (Å²) in [6, 6.07) is 8.11. The van der Waals surface area contributed by atoms with Gasteiger partial charge in [-0.1, -0.05) is 24.0 Å². The van der Waals surface area contributed by atoms with Gasteiger partial charge in [0.05, 0.1) is 12.1 Å². The predicted octanol–water partition coefficient (Wildman–Crippen LogP) is 1.20. The summed E-state index contributed by atoms with van der Waals surface area (Å²) >= 11 is 0. The van der Waals surface area contributed by atoms with Crippen LogP contribution in [0.1, 0.15) is 25.0 Å². The number of likely N-dealkylation sites (N-methyl/N-ethyl adjacent to an activating group) is 1. The minimum Gasteiger partial charge on any atom is -0.389 e. The van der Waals surface area contributed by atoms with E-state index in [9.17, 15) is 5.11 Å². The van der Waals surface area contributed by atoms with E-state index >= 15 is 0 Å². The summed E-state index contributed by atoms with van der Waals surface area (Å²) in [5.41, 5.74) is 6.85. The van der Waals surface area contributed by atoms with Crippen molar-refractivity contribution in [2.75, 3.05) is 20.1 Å². The van der Waals surface area contributed by atoms with Crippen LogP contribution in [0.25, 0.3) is 0 Å². The number of hydrogen-bond donors (Lipinski definition) is 2. The summed E-state index contributed by atoms with van der Waals surface area (Å²) in [5.74, 6) is 5.82. The van der Waals surface area contributed by atoms with E-state index in [4.69, 9.17) is 5.73 Å². The number of nitrogens with two attached hydrogens (primary N) is 1. The summed E-state index contributed by atoms with van der Waals surface area (Å²) in [5, 5.41) is 9.74. The Balaban J connectivity index is 2.58. The van der Waals surface area contributed by atoms with Crippen LogP contribution in [0.4, 0.5) is 0 Å². The third-order valence-electron chi connectivity index (χ3n) is 2.40. The first-order valence-corrected chi connectivity index (χ1v) is 6.09. The highest BCUT2D eigenvalue weighted by atomic mass is 16.3. The second-order valence-corrected chi connectivity index (χ2v) is 5.19. The molecule has 0 heterocycles. The van der Waals surface area contributed by atoms with E-state index in [0.29, 0.717) is 13.1 Å². The topological polar surface area (TPSA) is 49.5 Å². The van der Waals surface area contributed by atoms with Crippen molar-refractivity contribution >= 4 is 0 Å². The highest BCUT2D eigenvalue weighted by Crippen LogP contribution is 2.09. The average Bonchev–Trinajstić information content (AvgIpc) is 2.25. The van der Waals surface area contributed by atoms with Crippen LogP contribution in [0.2, 0.25) is 0 Å². The van der Waals surface area contributed by atoms with Gasteiger partial charge in [-0.15, -0.1) is 0 Å². The van der Waals surface area contributed by atoms with E-state index in [0.717, 1.165) is 12.1 Å². The Labute approximate surface area is 110 Å². The van der Waals surface area contributed by atoms with Crippen molar-refractivity contribution in [3.63, 3.8) is 0 Å². The number of hydrogen-bond acceptors (Lipinski definition) is 3. The minimum absolute atomic E-state index is 0.385. The maximum Gasteiger partial charge on any atom is 0.0718 e. The molecule has 1 rings (SSSR count). The van der Waals surface area contributed by atoms with E-state index in [1.165, 1.54) is 5.56 Å². The third-order valence-corrected chi connectivity index (χ3v) is 2.40. The summed E-state index contributed by atoms with van der Waals surface area (Å²) in [7, 11) is 2.00. The maximum atomic E-state index is 9.74. The van der Waals surface area contributed by atoms with Gasteiger partial charge >= 0.3 is 0 Å². The molecule has 0 aromatic heterocycles. The number of nitrogens with zero attached hydrogens (tertiary/aromatic N) is 1. The fraction of sp³-hybridized carbons (Fsp3) is 0.467. The highest BCUT2D eigenvalue weighted by molar-refractivity contribution is 5.36. The molecule has 1 aromatic carbocycles. The van der Waals surface area contributed by atoms with E-state index in [2.05, 4.69) is 28.9 Å². The lowest BCUT2D eigenvalue weighted by molar-refractivity contribution is 0.0425. The molecule has 0 aliphatic heterocycles. The normalized spacial score (nSPS) is 11.2. The molecule has 0 saturated carbocycles. The van der Waals surface area contributed by atoms with Crippen molar-refractivity contribution in [1.29, 1.82) is 0 Å². The fourth-order valence-electron chi connectivity index (χ4n) is 1.87. The van der Waals surface area contributed by atoms with Gasteiger partial charge in [-0.25, -0.2) is 0 Å². The van der Waals surface area contributed by atoms with E-state index in [1.54, 1.807) is 0 Å². The lowest BCUT2D eigenvalue weighted by atomic mass is 10.1. The Hall–Kier alpha value is -1.34. The lowest BCUT2D eigenvalue weighted by Gasteiger charge is -2.25. The zero-order valence-corrected chi connectivity index (χ0v) is 11.4. The first-order valence-electron chi connectivity index (χ1n) is 6.09. The third kappa shape index (κ3) is 5.83. The molecule has 0 fully saturated rings. The van der Waals surface area contributed by atoms with Crippen LogP contribution in [-0.2, 0) is 6.54 Å². The van der Waals surface area contributed by atoms with Gasteiger partial charge in [-0.3, -0.25) is 4.90 Å². The van der Waals surface area contributed by atoms with Crippen molar-refractivity contribution in [2.24, 2.45) is 5.73 Å². The van der Waals surface area contributed by atoms with Crippen molar-refractivity contribution in [1.82, 2.24) is 4.90 Å². The zero-order valence-electron chi connectivity index (χ0n) is 11.4. The van der Waals surface area contributed by atoms with Crippen LogP contribution in [0.5, 0.6) is 0 Å². The summed E-state index contributed by atoms with van der Waals surface area (Å²) in [6.45, 7) is 5.47. The highest BCUT2D eigenvalue weighted by Gasteiger charge is 2.15. The molecule has 0 spiro atoms. The van der Waals surface area contributed by atoms with Gasteiger partial charge in [0.15, 0.2) is 0 Å². The summed E-state index contributed by atoms with van der Waals surface area (Å²) < 4.78 is 0. The van der Waals surface area contributed by atoms with E-state index in [-0.39, 0.29) is 0 Å². The maximum absolute atomic E-state index is 9.74. The molecule has 3 nitrogen and oxygen atoms in total. The molecule has 0 radical (unpaired) electrons. The van der Waals surface area contributed by atoms with Gasteiger partial charge in [0, 0.05) is 18.7 Å². The lowest BCUT2D eigenvalue weighted by Crippen LogP contribution is -2.35. The Kier molecular flexibility index (Phi) is 5.36. The predicted molar refractivity (Wildman–Crippen MR) is 75.0 cm³/mol. The largest absolute Gasteiger partial charge is 0.389 e. The Morgan fingerprint density at radius 2 is 1.89 bits per heavy atom. The van der Waals surface area contributed by atoms with Crippen LogP contribution < -0.4 is 5.73 Å². The molecular weight excluding hydrogens is 224 g/mol. The monoisotopic (exact) mass is 246 g/mol. The standard InChI is InChI=1S/C15H22N2O/c1-15(2,18)12-17(3)11-14-8-6-13(7-9-14)5-4-10-16/h6-9,18H,10-12,16H2,1-3H3. The zero-order chi connectivity index (χ0) is 13.6. The van der Waals surface area contributed by atoms with E-state index < -0.39 is 5.60 Å². The molecule has 98 valence electrons. The molecule has 0 aliphatic carbocycles. The van der Waals surface area contributed by atoms with Crippen LogP contribution in [0.15, 0.2) is 24.3 Å². The molecule has 0 bridgehead atoms. The van der Waals surface area contributed by atoms with Gasteiger partial charge in [0.2, 0.25) is 0 Å². The van der Waals surface area contributed by atoms with Gasteiger partial charge in [0.25, 0.3) is 0 Å². The molecule has 3 N–H and O–H groups in total. The average molecular weight is 246 g/mol. The Morgan fingerprint density at radius 3 is 2.39 bits per heavy atom. The van der Waals surface area contributed by atoms with Crippen LogP contribution in [0, 0.1) is 11.8 Å². The molecule has 0 unspecified atom stereocenters. The smallest absolute Gasteiger partial charge is 0.0718 e. The number of aliphatic hydroxyl groups is 1. The Morgan fingerprint density at radius 1 is 1.28 bits per heavy atom. The minimum atomic E-state index is -0.665. The van der Waals surface area contributed by atoms with Gasteiger partial charge < -0.3 is 10.8 Å². The van der Waals surface area contributed by atoms with Crippen molar-refractivity contribution in [2.45, 2.75) is 26.0 Å². The summed E-state index contributed by atoms with van der Waals surface area (Å²) in [6.07, 6.45) is 0. The van der Waals surface area contributed by atoms with Gasteiger partial charge in [0.1, 0.15) is 0 Å². The van der Waals surface area contributed by atoms with Crippen LogP contribution in [0.3, 0.4) is 0 Å². The van der Waals surface area contributed by atoms with Crippen molar-refractivity contribution in [3.8, 4) is 11.8 Å². The molecular formula is C15H22N2O. The SMILES string of the molecule is CN(Cc1ccc(C#CCN)cc1)CC(C)(C)O. The van der Waals surface area contributed by atoms with Gasteiger partial charge in [-0.05, 0) is 38.6 Å². The second kappa shape index (κ2) is 6.55. The first-order chi connectivity index (χ1) is 8.40. The second-order valence-electron chi connectivity index (χ2n) is 5.19. The summed E-state index contributed by atoms with van der Waals surface area (Å²) in [4.78, 5) is 2.10. The van der Waals surface area contributed by atoms with Gasteiger partial charge in [-0.2, -0.15) is 0 Å². The number of rotatable bonds is 4. The Bertz CT molecular complexity index is 421. The fourth-order valence-corrected chi connectivity index (χ4v) is 1.87. The van der Waals surface area contributed by atoms with Crippen LogP contribution in [-0.4, -0.2) is 35.7 Å². The number of benzene rings is 1. The molecule has 0 amide bonds. The van der Waals surface area contributed by atoms with Crippen molar-refractivity contribution < 1.29 is 5.11 Å². The molecule has 0 saturated heterocycles. The van der Waals surface area contributed by atoms with Crippen molar-refractivity contribution in [3.05, 3.63) is 35.4 Å².